The number of hydrogen-bond acceptors (Lipinski definition) is 4. The number of halogens is 4. The summed E-state index contributed by atoms with van der Waals surface area (Å²) >= 11 is 5.89. The molecule has 0 spiro atoms. The molecular formula is C17H22ClF3N2O3. The van der Waals surface area contributed by atoms with Crippen LogP contribution in [0.3, 0.4) is 0 Å². The second-order valence-electron chi connectivity index (χ2n) is 6.39. The summed E-state index contributed by atoms with van der Waals surface area (Å²) in [6.45, 7) is 6.55. The Kier molecular flexibility index (Phi) is 7.74. The van der Waals surface area contributed by atoms with Gasteiger partial charge in [-0.05, 0) is 38.0 Å². The molecule has 1 rings (SSSR count). The molecule has 0 aliphatic carbocycles. The average Bonchev–Trinajstić information content (AvgIpc) is 2.49. The predicted molar refractivity (Wildman–Crippen MR) is 92.9 cm³/mol. The topological polar surface area (TPSA) is 67.4 Å². The summed E-state index contributed by atoms with van der Waals surface area (Å²) in [6.07, 6.45) is -4.51. The van der Waals surface area contributed by atoms with Crippen LogP contribution in [-0.2, 0) is 20.5 Å². The Hall–Kier alpha value is -1.96. The second-order valence-corrected chi connectivity index (χ2v) is 6.80. The van der Waals surface area contributed by atoms with Gasteiger partial charge in [-0.25, -0.2) is 4.79 Å². The molecule has 1 aromatic rings. The third-order valence-corrected chi connectivity index (χ3v) is 3.64. The third-order valence-electron chi connectivity index (χ3n) is 3.32. The molecule has 9 heteroatoms. The Morgan fingerprint density at radius 1 is 1.19 bits per heavy atom. The van der Waals surface area contributed by atoms with E-state index in [1.54, 1.807) is 27.7 Å². The average molecular weight is 395 g/mol. The zero-order chi connectivity index (χ0) is 20.1. The monoisotopic (exact) mass is 394 g/mol. The van der Waals surface area contributed by atoms with E-state index in [4.69, 9.17) is 16.3 Å². The molecule has 0 saturated heterocycles. The highest BCUT2D eigenvalue weighted by Crippen LogP contribution is 2.34. The van der Waals surface area contributed by atoms with Gasteiger partial charge in [0.2, 0.25) is 0 Å². The van der Waals surface area contributed by atoms with E-state index in [2.05, 4.69) is 10.6 Å². The fourth-order valence-corrected chi connectivity index (χ4v) is 2.30. The van der Waals surface area contributed by atoms with E-state index in [0.717, 1.165) is 18.2 Å². The largest absolute Gasteiger partial charge is 0.454 e. The van der Waals surface area contributed by atoms with Crippen molar-refractivity contribution < 1.29 is 27.5 Å². The summed E-state index contributed by atoms with van der Waals surface area (Å²) in [5.74, 6) is -1.40. The van der Waals surface area contributed by atoms with Crippen molar-refractivity contribution in [1.29, 1.82) is 0 Å². The Bertz CT molecular complexity index is 649. The Balaban J connectivity index is 2.82. The van der Waals surface area contributed by atoms with Gasteiger partial charge in [0.05, 0.1) is 16.3 Å². The number of carbonyl (C=O) groups excluding carboxylic acids is 2. The molecule has 2 N–H and O–H groups in total. The van der Waals surface area contributed by atoms with Crippen LogP contribution >= 0.6 is 11.6 Å². The summed E-state index contributed by atoms with van der Waals surface area (Å²) in [7, 11) is 0. The number of nitrogens with one attached hydrogen (secondary N) is 2. The molecule has 5 nitrogen and oxygen atoms in total. The van der Waals surface area contributed by atoms with Crippen molar-refractivity contribution in [2.75, 3.05) is 11.9 Å². The summed E-state index contributed by atoms with van der Waals surface area (Å²) < 4.78 is 43.1. The number of esters is 1. The predicted octanol–water partition coefficient (Wildman–Crippen LogP) is 3.86. The van der Waals surface area contributed by atoms with Crippen LogP contribution in [0.15, 0.2) is 18.2 Å². The Morgan fingerprint density at radius 2 is 1.81 bits per heavy atom. The highest BCUT2D eigenvalue weighted by atomic mass is 35.5. The molecule has 1 aromatic carbocycles. The van der Waals surface area contributed by atoms with Crippen LogP contribution in [0.5, 0.6) is 0 Å². The molecule has 0 aliphatic rings. The first-order valence-corrected chi connectivity index (χ1v) is 8.39. The maximum Gasteiger partial charge on any atom is 0.416 e. The SMILES string of the molecule is CC(C)NC(=O)COC(=O)[C@@H](Nc1ccc(C(F)(F)F)cc1Cl)C(C)C. The summed E-state index contributed by atoms with van der Waals surface area (Å²) in [5, 5.41) is 5.19. The van der Waals surface area contributed by atoms with E-state index in [9.17, 15) is 22.8 Å². The van der Waals surface area contributed by atoms with E-state index in [1.807, 2.05) is 0 Å². The number of alkyl halides is 3. The van der Waals surface area contributed by atoms with E-state index in [0.29, 0.717) is 0 Å². The summed E-state index contributed by atoms with van der Waals surface area (Å²) in [5.41, 5.74) is -0.718. The molecule has 0 bridgehead atoms. The Labute approximate surface area is 155 Å². The van der Waals surface area contributed by atoms with Crippen LogP contribution < -0.4 is 10.6 Å². The first-order valence-electron chi connectivity index (χ1n) is 8.01. The molecule has 0 heterocycles. The molecule has 146 valence electrons. The minimum absolute atomic E-state index is 0.0915. The smallest absolute Gasteiger partial charge is 0.416 e. The lowest BCUT2D eigenvalue weighted by molar-refractivity contribution is -0.150. The van der Waals surface area contributed by atoms with Crippen molar-refractivity contribution >= 4 is 29.2 Å². The minimum Gasteiger partial charge on any atom is -0.454 e. The minimum atomic E-state index is -4.51. The van der Waals surface area contributed by atoms with Crippen LogP contribution in [-0.4, -0.2) is 30.6 Å². The lowest BCUT2D eigenvalue weighted by Gasteiger charge is -2.23. The molecule has 0 aromatic heterocycles. The van der Waals surface area contributed by atoms with Crippen molar-refractivity contribution in [3.8, 4) is 0 Å². The highest BCUT2D eigenvalue weighted by molar-refractivity contribution is 6.33. The standard InChI is InChI=1S/C17H22ClF3N2O3/c1-9(2)15(16(25)26-8-14(24)22-10(3)4)23-13-6-5-11(7-12(13)18)17(19,20)21/h5-7,9-10,15,23H,8H2,1-4H3,(H,22,24)/t15-/m0/s1. The van der Waals surface area contributed by atoms with Gasteiger partial charge in [-0.1, -0.05) is 25.4 Å². The van der Waals surface area contributed by atoms with Crippen LogP contribution in [0.2, 0.25) is 5.02 Å². The fraction of sp³-hybridized carbons (Fsp3) is 0.529. The van der Waals surface area contributed by atoms with Gasteiger partial charge >= 0.3 is 12.1 Å². The quantitative estimate of drug-likeness (QED) is 0.689. The molecule has 0 aliphatic heterocycles. The fourth-order valence-electron chi connectivity index (χ4n) is 2.06. The van der Waals surface area contributed by atoms with E-state index < -0.39 is 36.3 Å². The summed E-state index contributed by atoms with van der Waals surface area (Å²) in [4.78, 5) is 23.8. The van der Waals surface area contributed by atoms with E-state index >= 15 is 0 Å². The molecular weight excluding hydrogens is 373 g/mol. The molecule has 1 amide bonds. The molecule has 0 radical (unpaired) electrons. The van der Waals surface area contributed by atoms with Crippen molar-refractivity contribution in [1.82, 2.24) is 5.32 Å². The van der Waals surface area contributed by atoms with Gasteiger partial charge in [-0.15, -0.1) is 0 Å². The van der Waals surface area contributed by atoms with Crippen molar-refractivity contribution in [3.05, 3.63) is 28.8 Å². The third kappa shape index (κ3) is 6.74. The van der Waals surface area contributed by atoms with Crippen molar-refractivity contribution in [2.45, 2.75) is 46.0 Å². The normalized spacial score (nSPS) is 12.8. The first kappa shape index (κ1) is 22.1. The van der Waals surface area contributed by atoms with E-state index in [-0.39, 0.29) is 22.7 Å². The van der Waals surface area contributed by atoms with Gasteiger partial charge in [0, 0.05) is 6.04 Å². The summed E-state index contributed by atoms with van der Waals surface area (Å²) in [6, 6.07) is 1.83. The molecule has 0 saturated carbocycles. The number of hydrogen-bond donors (Lipinski definition) is 2. The molecule has 1 atom stereocenters. The van der Waals surface area contributed by atoms with Crippen LogP contribution in [0, 0.1) is 5.92 Å². The molecule has 0 unspecified atom stereocenters. The van der Waals surface area contributed by atoms with Crippen molar-refractivity contribution in [3.63, 3.8) is 0 Å². The van der Waals surface area contributed by atoms with Gasteiger partial charge in [0.25, 0.3) is 5.91 Å². The zero-order valence-electron chi connectivity index (χ0n) is 14.9. The van der Waals surface area contributed by atoms with Crippen LogP contribution in [0.4, 0.5) is 18.9 Å². The van der Waals surface area contributed by atoms with Gasteiger partial charge < -0.3 is 15.4 Å². The van der Waals surface area contributed by atoms with Gasteiger partial charge in [0.1, 0.15) is 6.04 Å². The zero-order valence-corrected chi connectivity index (χ0v) is 15.7. The van der Waals surface area contributed by atoms with Crippen LogP contribution in [0.1, 0.15) is 33.3 Å². The number of carbonyl (C=O) groups is 2. The van der Waals surface area contributed by atoms with Gasteiger partial charge in [-0.3, -0.25) is 4.79 Å². The highest BCUT2D eigenvalue weighted by Gasteiger charge is 2.31. The molecule has 26 heavy (non-hydrogen) atoms. The van der Waals surface area contributed by atoms with Crippen molar-refractivity contribution in [2.24, 2.45) is 5.92 Å². The number of ether oxygens (including phenoxy) is 1. The number of rotatable bonds is 7. The Morgan fingerprint density at radius 3 is 2.27 bits per heavy atom. The number of amides is 1. The lowest BCUT2D eigenvalue weighted by atomic mass is 10.0. The maximum atomic E-state index is 12.7. The first-order chi connectivity index (χ1) is 11.9. The van der Waals surface area contributed by atoms with Gasteiger partial charge in [-0.2, -0.15) is 13.2 Å². The number of benzene rings is 1. The van der Waals surface area contributed by atoms with Gasteiger partial charge in [0.15, 0.2) is 6.61 Å². The van der Waals surface area contributed by atoms with Crippen LogP contribution in [0.25, 0.3) is 0 Å². The lowest BCUT2D eigenvalue weighted by Crippen LogP contribution is -2.39. The molecule has 0 fully saturated rings. The number of anilines is 1. The van der Waals surface area contributed by atoms with E-state index in [1.165, 1.54) is 0 Å². The maximum absolute atomic E-state index is 12.7. The second kappa shape index (κ2) is 9.12.